The van der Waals surface area contributed by atoms with Crippen molar-refractivity contribution in [3.63, 3.8) is 0 Å². The van der Waals surface area contributed by atoms with Crippen LogP contribution in [0, 0.1) is 6.92 Å². The number of rotatable bonds is 3. The monoisotopic (exact) mass is 250 g/mol. The van der Waals surface area contributed by atoms with E-state index in [1.807, 2.05) is 6.92 Å². The molecule has 0 spiro atoms. The third-order valence-corrected chi connectivity index (χ3v) is 2.66. The number of carbonyl (C=O) groups is 2. The molecular formula is C13H18N2O3. The summed E-state index contributed by atoms with van der Waals surface area (Å²) in [7, 11) is 1.28. The molecule has 0 saturated carbocycles. The minimum Gasteiger partial charge on any atom is -0.467 e. The van der Waals surface area contributed by atoms with Crippen LogP contribution in [-0.2, 0) is 9.53 Å². The molecule has 1 aromatic rings. The molecular weight excluding hydrogens is 232 g/mol. The maximum Gasteiger partial charge on any atom is 0.330 e. The topological polar surface area (TPSA) is 81.4 Å². The van der Waals surface area contributed by atoms with E-state index in [0.717, 1.165) is 5.56 Å². The minimum atomic E-state index is -1.08. The summed E-state index contributed by atoms with van der Waals surface area (Å²) in [5.41, 5.74) is 6.51. The van der Waals surface area contributed by atoms with Gasteiger partial charge in [0.2, 0.25) is 0 Å². The van der Waals surface area contributed by atoms with Crippen LogP contribution in [0.4, 0.5) is 5.69 Å². The highest BCUT2D eigenvalue weighted by molar-refractivity contribution is 5.98. The van der Waals surface area contributed by atoms with E-state index >= 15 is 0 Å². The molecule has 1 rings (SSSR count). The lowest BCUT2D eigenvalue weighted by molar-refractivity contribution is -0.146. The fourth-order valence-electron chi connectivity index (χ4n) is 1.44. The van der Waals surface area contributed by atoms with E-state index in [1.54, 1.807) is 32.0 Å². The Balaban J connectivity index is 2.89. The van der Waals surface area contributed by atoms with Crippen molar-refractivity contribution in [3.05, 3.63) is 29.3 Å². The number of benzene rings is 1. The Hall–Kier alpha value is -2.04. The van der Waals surface area contributed by atoms with E-state index in [4.69, 9.17) is 5.73 Å². The van der Waals surface area contributed by atoms with Gasteiger partial charge in [-0.3, -0.25) is 4.79 Å². The molecule has 1 amide bonds. The van der Waals surface area contributed by atoms with Crippen molar-refractivity contribution >= 4 is 17.6 Å². The lowest BCUT2D eigenvalue weighted by Crippen LogP contribution is -2.50. The van der Waals surface area contributed by atoms with E-state index in [0.29, 0.717) is 11.3 Å². The third-order valence-electron chi connectivity index (χ3n) is 2.66. The van der Waals surface area contributed by atoms with E-state index < -0.39 is 11.5 Å². The number of nitrogen functional groups attached to an aromatic ring is 1. The maximum absolute atomic E-state index is 12.0. The number of nitrogens with two attached hydrogens (primary N) is 1. The van der Waals surface area contributed by atoms with Gasteiger partial charge in [-0.1, -0.05) is 6.07 Å². The van der Waals surface area contributed by atoms with Crippen molar-refractivity contribution < 1.29 is 14.3 Å². The Morgan fingerprint density at radius 1 is 1.33 bits per heavy atom. The molecule has 0 aliphatic carbocycles. The fraction of sp³-hybridized carbons (Fsp3) is 0.385. The first-order valence-electron chi connectivity index (χ1n) is 5.55. The van der Waals surface area contributed by atoms with Gasteiger partial charge in [-0.05, 0) is 38.5 Å². The molecule has 0 saturated heterocycles. The summed E-state index contributed by atoms with van der Waals surface area (Å²) in [6.45, 7) is 5.01. The second-order valence-corrected chi connectivity index (χ2v) is 4.64. The molecule has 5 nitrogen and oxygen atoms in total. The average molecular weight is 250 g/mol. The van der Waals surface area contributed by atoms with Gasteiger partial charge >= 0.3 is 5.97 Å². The molecule has 0 unspecified atom stereocenters. The van der Waals surface area contributed by atoms with Crippen LogP contribution >= 0.6 is 0 Å². The summed E-state index contributed by atoms with van der Waals surface area (Å²) in [6.07, 6.45) is 0. The van der Waals surface area contributed by atoms with Gasteiger partial charge in [0.05, 0.1) is 7.11 Å². The number of hydrogen-bond acceptors (Lipinski definition) is 4. The Bertz CT molecular complexity index is 481. The number of methoxy groups -OCH3 is 1. The van der Waals surface area contributed by atoms with E-state index in [2.05, 4.69) is 10.1 Å². The Labute approximate surface area is 106 Å². The SMILES string of the molecule is COC(=O)C(C)(C)NC(=O)c1ccc(C)c(N)c1. The molecule has 0 heterocycles. The Morgan fingerprint density at radius 3 is 2.44 bits per heavy atom. The molecule has 0 fully saturated rings. The van der Waals surface area contributed by atoms with E-state index in [-0.39, 0.29) is 5.91 Å². The van der Waals surface area contributed by atoms with E-state index in [1.165, 1.54) is 7.11 Å². The van der Waals surface area contributed by atoms with Crippen LogP contribution < -0.4 is 11.1 Å². The molecule has 0 aliphatic rings. The number of aryl methyl sites for hydroxylation is 1. The predicted octanol–water partition coefficient (Wildman–Crippen LogP) is 1.26. The Kier molecular flexibility index (Phi) is 3.96. The number of amides is 1. The normalized spacial score (nSPS) is 10.9. The van der Waals surface area contributed by atoms with Crippen LogP contribution in [0.5, 0.6) is 0 Å². The van der Waals surface area contributed by atoms with Gasteiger partial charge in [-0.15, -0.1) is 0 Å². The van der Waals surface area contributed by atoms with Crippen LogP contribution in [0.2, 0.25) is 0 Å². The van der Waals surface area contributed by atoms with Crippen LogP contribution in [0.15, 0.2) is 18.2 Å². The van der Waals surface area contributed by atoms with Crippen LogP contribution in [-0.4, -0.2) is 24.5 Å². The largest absolute Gasteiger partial charge is 0.467 e. The van der Waals surface area contributed by atoms with Crippen molar-refractivity contribution in [1.82, 2.24) is 5.32 Å². The number of hydrogen-bond donors (Lipinski definition) is 2. The van der Waals surface area contributed by atoms with Gasteiger partial charge in [0.15, 0.2) is 0 Å². The molecule has 0 aliphatic heterocycles. The number of ether oxygens (including phenoxy) is 1. The molecule has 1 aromatic carbocycles. The lowest BCUT2D eigenvalue weighted by atomic mass is 10.0. The number of carbonyl (C=O) groups excluding carboxylic acids is 2. The molecule has 5 heteroatoms. The second-order valence-electron chi connectivity index (χ2n) is 4.64. The number of anilines is 1. The van der Waals surface area contributed by atoms with Crippen molar-refractivity contribution in [1.29, 1.82) is 0 Å². The Morgan fingerprint density at radius 2 is 1.94 bits per heavy atom. The highest BCUT2D eigenvalue weighted by Crippen LogP contribution is 2.14. The van der Waals surface area contributed by atoms with Gasteiger partial charge < -0.3 is 15.8 Å². The highest BCUT2D eigenvalue weighted by atomic mass is 16.5. The van der Waals surface area contributed by atoms with Crippen molar-refractivity contribution in [2.45, 2.75) is 26.3 Å². The first kappa shape index (κ1) is 14.0. The van der Waals surface area contributed by atoms with Crippen molar-refractivity contribution in [2.75, 3.05) is 12.8 Å². The van der Waals surface area contributed by atoms with Crippen LogP contribution in [0.3, 0.4) is 0 Å². The number of nitrogens with one attached hydrogen (secondary N) is 1. The highest BCUT2D eigenvalue weighted by Gasteiger charge is 2.30. The lowest BCUT2D eigenvalue weighted by Gasteiger charge is -2.23. The van der Waals surface area contributed by atoms with Gasteiger partial charge in [-0.2, -0.15) is 0 Å². The average Bonchev–Trinajstić information content (AvgIpc) is 2.30. The second kappa shape index (κ2) is 5.08. The fourth-order valence-corrected chi connectivity index (χ4v) is 1.44. The van der Waals surface area contributed by atoms with Crippen molar-refractivity contribution in [2.24, 2.45) is 0 Å². The number of esters is 1. The first-order valence-corrected chi connectivity index (χ1v) is 5.55. The van der Waals surface area contributed by atoms with Crippen LogP contribution in [0.25, 0.3) is 0 Å². The van der Waals surface area contributed by atoms with Gasteiger partial charge in [-0.25, -0.2) is 4.79 Å². The van der Waals surface area contributed by atoms with E-state index in [9.17, 15) is 9.59 Å². The summed E-state index contributed by atoms with van der Waals surface area (Å²) < 4.78 is 4.62. The third kappa shape index (κ3) is 3.00. The smallest absolute Gasteiger partial charge is 0.330 e. The van der Waals surface area contributed by atoms with Gasteiger partial charge in [0.1, 0.15) is 5.54 Å². The zero-order chi connectivity index (χ0) is 13.9. The predicted molar refractivity (Wildman–Crippen MR) is 69.2 cm³/mol. The molecule has 98 valence electrons. The quantitative estimate of drug-likeness (QED) is 0.625. The molecule has 3 N–H and O–H groups in total. The summed E-state index contributed by atoms with van der Waals surface area (Å²) in [5, 5.41) is 2.60. The molecule has 0 bridgehead atoms. The zero-order valence-corrected chi connectivity index (χ0v) is 11.0. The van der Waals surface area contributed by atoms with Crippen molar-refractivity contribution in [3.8, 4) is 0 Å². The standard InChI is InChI=1S/C13H18N2O3/c1-8-5-6-9(7-10(8)14)11(16)15-13(2,3)12(17)18-4/h5-7H,14H2,1-4H3,(H,15,16). The first-order chi connectivity index (χ1) is 8.27. The summed E-state index contributed by atoms with van der Waals surface area (Å²) in [4.78, 5) is 23.4. The molecule has 0 atom stereocenters. The molecule has 0 aromatic heterocycles. The summed E-state index contributed by atoms with van der Waals surface area (Å²) in [6, 6.07) is 5.00. The summed E-state index contributed by atoms with van der Waals surface area (Å²) in [5.74, 6) is -0.868. The van der Waals surface area contributed by atoms with Crippen LogP contribution in [0.1, 0.15) is 29.8 Å². The maximum atomic E-state index is 12.0. The summed E-state index contributed by atoms with van der Waals surface area (Å²) >= 11 is 0. The zero-order valence-electron chi connectivity index (χ0n) is 11.0. The van der Waals surface area contributed by atoms with Gasteiger partial charge in [0, 0.05) is 11.3 Å². The molecule has 18 heavy (non-hydrogen) atoms. The molecule has 0 radical (unpaired) electrons. The minimum absolute atomic E-state index is 0.364. The van der Waals surface area contributed by atoms with Gasteiger partial charge in [0.25, 0.3) is 5.91 Å².